The Balaban J connectivity index is 1.90. The maximum absolute atomic E-state index is 6.30. The molecule has 1 aliphatic heterocycles. The Morgan fingerprint density at radius 2 is 2.33 bits per heavy atom. The molecule has 2 heterocycles. The SMILES string of the molecule is CC1CC(Nc2c(Cl)ccc3scnc23)CN1C. The predicted molar refractivity (Wildman–Crippen MR) is 78.7 cm³/mol. The molecule has 2 unspecified atom stereocenters. The molecule has 96 valence electrons. The summed E-state index contributed by atoms with van der Waals surface area (Å²) in [7, 11) is 2.16. The topological polar surface area (TPSA) is 28.2 Å². The highest BCUT2D eigenvalue weighted by Gasteiger charge is 2.26. The Kier molecular flexibility index (Phi) is 3.18. The molecule has 1 aromatic heterocycles. The highest BCUT2D eigenvalue weighted by Crippen LogP contribution is 2.33. The van der Waals surface area contributed by atoms with Crippen molar-refractivity contribution in [2.75, 3.05) is 18.9 Å². The number of hydrogen-bond donors (Lipinski definition) is 1. The lowest BCUT2D eigenvalue weighted by Gasteiger charge is -2.15. The van der Waals surface area contributed by atoms with Crippen molar-refractivity contribution in [2.24, 2.45) is 0 Å². The third kappa shape index (κ3) is 2.09. The monoisotopic (exact) mass is 281 g/mol. The highest BCUT2D eigenvalue weighted by molar-refractivity contribution is 7.16. The van der Waals surface area contributed by atoms with E-state index in [1.807, 2.05) is 17.6 Å². The molecule has 2 atom stereocenters. The molecule has 1 N–H and O–H groups in total. The number of rotatable bonds is 2. The maximum atomic E-state index is 6.30. The summed E-state index contributed by atoms with van der Waals surface area (Å²) in [6.45, 7) is 3.31. The number of fused-ring (bicyclic) bond motifs is 1. The second kappa shape index (κ2) is 4.68. The van der Waals surface area contributed by atoms with E-state index in [1.54, 1.807) is 11.3 Å². The lowest BCUT2D eigenvalue weighted by molar-refractivity contribution is 0.330. The average Bonchev–Trinajstić information content (AvgIpc) is 2.91. The van der Waals surface area contributed by atoms with E-state index in [1.165, 1.54) is 4.70 Å². The number of likely N-dealkylation sites (N-methyl/N-ethyl adjacent to an activating group) is 1. The van der Waals surface area contributed by atoms with Gasteiger partial charge in [-0.15, -0.1) is 11.3 Å². The quantitative estimate of drug-likeness (QED) is 0.914. The van der Waals surface area contributed by atoms with Crippen LogP contribution in [0.15, 0.2) is 17.6 Å². The van der Waals surface area contributed by atoms with Crippen LogP contribution in [0, 0.1) is 0 Å². The van der Waals surface area contributed by atoms with Crippen LogP contribution in [0.3, 0.4) is 0 Å². The lowest BCUT2D eigenvalue weighted by Crippen LogP contribution is -2.25. The van der Waals surface area contributed by atoms with Gasteiger partial charge in [0.15, 0.2) is 0 Å². The summed E-state index contributed by atoms with van der Waals surface area (Å²) < 4.78 is 1.18. The molecule has 1 saturated heterocycles. The van der Waals surface area contributed by atoms with E-state index in [4.69, 9.17) is 11.6 Å². The van der Waals surface area contributed by atoms with E-state index >= 15 is 0 Å². The molecule has 0 saturated carbocycles. The number of hydrogen-bond acceptors (Lipinski definition) is 4. The van der Waals surface area contributed by atoms with Crippen molar-refractivity contribution in [3.8, 4) is 0 Å². The summed E-state index contributed by atoms with van der Waals surface area (Å²) in [5.41, 5.74) is 3.85. The molecule has 5 heteroatoms. The molecular weight excluding hydrogens is 266 g/mol. The zero-order chi connectivity index (χ0) is 12.7. The molecule has 18 heavy (non-hydrogen) atoms. The van der Waals surface area contributed by atoms with Gasteiger partial charge >= 0.3 is 0 Å². The van der Waals surface area contributed by atoms with Gasteiger partial charge in [0.1, 0.15) is 5.52 Å². The first-order valence-electron chi connectivity index (χ1n) is 6.13. The normalized spacial score (nSPS) is 24.8. The number of nitrogens with one attached hydrogen (secondary N) is 1. The predicted octanol–water partition coefficient (Wildman–Crippen LogP) is 3.45. The van der Waals surface area contributed by atoms with Gasteiger partial charge in [0.25, 0.3) is 0 Å². The third-order valence-corrected chi connectivity index (χ3v) is 4.80. The number of likely N-dealkylation sites (tertiary alicyclic amines) is 1. The molecule has 0 amide bonds. The first-order chi connectivity index (χ1) is 8.65. The van der Waals surface area contributed by atoms with Crippen molar-refractivity contribution in [3.63, 3.8) is 0 Å². The second-order valence-electron chi connectivity index (χ2n) is 4.99. The minimum atomic E-state index is 0.454. The largest absolute Gasteiger partial charge is 0.378 e. The molecule has 3 nitrogen and oxygen atoms in total. The minimum absolute atomic E-state index is 0.454. The summed E-state index contributed by atoms with van der Waals surface area (Å²) >= 11 is 7.95. The van der Waals surface area contributed by atoms with Crippen LogP contribution in [-0.4, -0.2) is 35.6 Å². The van der Waals surface area contributed by atoms with E-state index in [2.05, 4.69) is 29.2 Å². The van der Waals surface area contributed by atoms with Crippen molar-refractivity contribution in [1.82, 2.24) is 9.88 Å². The van der Waals surface area contributed by atoms with Crippen molar-refractivity contribution in [2.45, 2.75) is 25.4 Å². The van der Waals surface area contributed by atoms with Crippen LogP contribution in [0.1, 0.15) is 13.3 Å². The molecular formula is C13H16ClN3S. The van der Waals surface area contributed by atoms with Gasteiger partial charge < -0.3 is 10.2 Å². The molecule has 2 aromatic rings. The van der Waals surface area contributed by atoms with E-state index < -0.39 is 0 Å². The fourth-order valence-electron chi connectivity index (χ4n) is 2.55. The Morgan fingerprint density at radius 3 is 3.06 bits per heavy atom. The molecule has 3 rings (SSSR count). The molecule has 1 aliphatic rings. The van der Waals surface area contributed by atoms with E-state index in [-0.39, 0.29) is 0 Å². The van der Waals surface area contributed by atoms with E-state index in [0.717, 1.165) is 29.2 Å². The first kappa shape index (κ1) is 12.2. The zero-order valence-corrected chi connectivity index (χ0v) is 12.1. The third-order valence-electron chi connectivity index (χ3n) is 3.69. The Bertz CT molecular complexity index is 558. The van der Waals surface area contributed by atoms with E-state index in [0.29, 0.717) is 12.1 Å². The maximum Gasteiger partial charge on any atom is 0.106 e. The van der Waals surface area contributed by atoms with Crippen LogP contribution in [0.2, 0.25) is 5.02 Å². The highest BCUT2D eigenvalue weighted by atomic mass is 35.5. The number of aromatic nitrogens is 1. The Labute approximate surface area is 116 Å². The summed E-state index contributed by atoms with van der Waals surface area (Å²) in [5, 5.41) is 4.33. The number of benzene rings is 1. The van der Waals surface area contributed by atoms with Gasteiger partial charge in [-0.25, -0.2) is 4.98 Å². The summed E-state index contributed by atoms with van der Waals surface area (Å²) in [6, 6.07) is 5.06. The molecule has 0 aliphatic carbocycles. The van der Waals surface area contributed by atoms with Crippen LogP contribution in [0.5, 0.6) is 0 Å². The standard InChI is InChI=1S/C13H16ClN3S/c1-8-5-9(6-17(8)2)16-12-10(14)3-4-11-13(12)15-7-18-11/h3-4,7-9,16H,5-6H2,1-2H3. The van der Waals surface area contributed by atoms with Crippen molar-refractivity contribution < 1.29 is 0 Å². The van der Waals surface area contributed by atoms with Gasteiger partial charge in [-0.3, -0.25) is 0 Å². The van der Waals surface area contributed by atoms with Crippen molar-refractivity contribution in [3.05, 3.63) is 22.7 Å². The molecule has 0 radical (unpaired) electrons. The summed E-state index contributed by atoms with van der Waals surface area (Å²) in [6.07, 6.45) is 1.15. The molecule has 1 fully saturated rings. The second-order valence-corrected chi connectivity index (χ2v) is 6.28. The fraction of sp³-hybridized carbons (Fsp3) is 0.462. The van der Waals surface area contributed by atoms with Gasteiger partial charge in [0, 0.05) is 18.6 Å². The van der Waals surface area contributed by atoms with Crippen LogP contribution in [0.25, 0.3) is 10.2 Å². The molecule has 0 spiro atoms. The fourth-order valence-corrected chi connectivity index (χ4v) is 3.44. The average molecular weight is 282 g/mol. The van der Waals surface area contributed by atoms with Gasteiger partial charge in [-0.1, -0.05) is 11.6 Å². The van der Waals surface area contributed by atoms with Crippen LogP contribution in [-0.2, 0) is 0 Å². The summed E-state index contributed by atoms with van der Waals surface area (Å²) in [4.78, 5) is 6.79. The van der Waals surface area contributed by atoms with E-state index in [9.17, 15) is 0 Å². The minimum Gasteiger partial charge on any atom is -0.378 e. The van der Waals surface area contributed by atoms with Crippen LogP contribution < -0.4 is 5.32 Å². The molecule has 1 aromatic carbocycles. The zero-order valence-electron chi connectivity index (χ0n) is 10.5. The van der Waals surface area contributed by atoms with Crippen molar-refractivity contribution >= 4 is 38.8 Å². The van der Waals surface area contributed by atoms with Crippen molar-refractivity contribution in [1.29, 1.82) is 0 Å². The first-order valence-corrected chi connectivity index (χ1v) is 7.39. The van der Waals surface area contributed by atoms with Crippen LogP contribution >= 0.6 is 22.9 Å². The molecule has 0 bridgehead atoms. The number of anilines is 1. The van der Waals surface area contributed by atoms with Gasteiger partial charge in [0.05, 0.1) is 20.9 Å². The number of nitrogens with zero attached hydrogens (tertiary/aromatic N) is 2. The van der Waals surface area contributed by atoms with Crippen LogP contribution in [0.4, 0.5) is 5.69 Å². The summed E-state index contributed by atoms with van der Waals surface area (Å²) in [5.74, 6) is 0. The Morgan fingerprint density at radius 1 is 1.50 bits per heavy atom. The number of halogens is 1. The Hall–Kier alpha value is -0.840. The van der Waals surface area contributed by atoms with Gasteiger partial charge in [-0.05, 0) is 32.5 Å². The number of thiazole rings is 1. The lowest BCUT2D eigenvalue weighted by atomic mass is 10.1. The smallest absolute Gasteiger partial charge is 0.106 e. The van der Waals surface area contributed by atoms with Gasteiger partial charge in [-0.2, -0.15) is 0 Å². The van der Waals surface area contributed by atoms with Gasteiger partial charge in [0.2, 0.25) is 0 Å².